The minimum atomic E-state index is -3.67. The lowest BCUT2D eigenvalue weighted by molar-refractivity contribution is 0.392. The van der Waals surface area contributed by atoms with Crippen LogP contribution in [0, 0.1) is 11.3 Å². The van der Waals surface area contributed by atoms with Crippen LogP contribution in [0.1, 0.15) is 26.2 Å². The maximum Gasteiger partial charge on any atom is 0.236 e. The Morgan fingerprint density at radius 2 is 2.31 bits per heavy atom. The lowest BCUT2D eigenvalue weighted by Gasteiger charge is -2.22. The third-order valence-corrected chi connectivity index (χ3v) is 4.81. The molecule has 1 fully saturated rings. The number of nitriles is 1. The Balaban J connectivity index is 3.00. The van der Waals surface area contributed by atoms with E-state index in [0.29, 0.717) is 19.4 Å². The number of isocyanates is 1. The normalized spacial score (nSPS) is 23.4. The molecule has 2 unspecified atom stereocenters. The Morgan fingerprint density at radius 3 is 2.81 bits per heavy atom. The summed E-state index contributed by atoms with van der Waals surface area (Å²) in [5, 5.41) is 7.71. The van der Waals surface area contributed by atoms with E-state index in [1.54, 1.807) is 13.0 Å². The van der Waals surface area contributed by atoms with Crippen LogP contribution in [0.3, 0.4) is 0 Å². The minimum Gasteiger partial charge on any atom is -0.211 e. The number of hydrogen-bond acceptors (Lipinski definition) is 5. The van der Waals surface area contributed by atoms with Gasteiger partial charge in [0.1, 0.15) is 6.17 Å². The molecule has 1 aliphatic heterocycles. The van der Waals surface area contributed by atoms with Gasteiger partial charge in [-0.05, 0) is 19.3 Å². The number of nitrogens with zero attached hydrogens (tertiary/aromatic N) is 3. The monoisotopic (exact) mass is 243 g/mol. The Hall–Kier alpha value is -1.22. The molecule has 0 N–H and O–H groups in total. The van der Waals surface area contributed by atoms with Crippen LogP contribution in [0.4, 0.5) is 0 Å². The summed E-state index contributed by atoms with van der Waals surface area (Å²) in [6, 6.07) is 1.76. The van der Waals surface area contributed by atoms with E-state index in [1.165, 1.54) is 6.08 Å². The molecule has 16 heavy (non-hydrogen) atoms. The summed E-state index contributed by atoms with van der Waals surface area (Å²) >= 11 is 0. The van der Waals surface area contributed by atoms with Crippen molar-refractivity contribution in [3.8, 4) is 6.07 Å². The summed E-state index contributed by atoms with van der Waals surface area (Å²) in [5.41, 5.74) is 0. The fourth-order valence-electron chi connectivity index (χ4n) is 1.74. The first-order chi connectivity index (χ1) is 7.57. The molecule has 1 rings (SSSR count). The zero-order valence-corrected chi connectivity index (χ0v) is 9.77. The standard InChI is InChI=1S/C9H13N3O3S/c1-2-8(6-10)16(14,15)12-5-3-4-9(12)11-7-13/h8-9H,2-5H2,1H3. The first-order valence-corrected chi connectivity index (χ1v) is 6.55. The second kappa shape index (κ2) is 5.21. The average Bonchev–Trinajstić information content (AvgIpc) is 2.68. The first kappa shape index (κ1) is 12.8. The van der Waals surface area contributed by atoms with Crippen molar-refractivity contribution in [2.24, 2.45) is 4.99 Å². The van der Waals surface area contributed by atoms with E-state index in [-0.39, 0.29) is 6.42 Å². The van der Waals surface area contributed by atoms with Crippen molar-refractivity contribution in [1.82, 2.24) is 4.31 Å². The van der Waals surface area contributed by atoms with E-state index in [1.807, 2.05) is 0 Å². The smallest absolute Gasteiger partial charge is 0.211 e. The molecular formula is C9H13N3O3S. The molecule has 7 heteroatoms. The molecule has 2 atom stereocenters. The van der Waals surface area contributed by atoms with Crippen LogP contribution >= 0.6 is 0 Å². The van der Waals surface area contributed by atoms with E-state index in [2.05, 4.69) is 4.99 Å². The summed E-state index contributed by atoms with van der Waals surface area (Å²) in [5.74, 6) is 0. The number of aliphatic imine (C=N–C) groups is 1. The van der Waals surface area contributed by atoms with E-state index < -0.39 is 21.4 Å². The van der Waals surface area contributed by atoms with Crippen molar-refractivity contribution in [3.63, 3.8) is 0 Å². The van der Waals surface area contributed by atoms with Gasteiger partial charge in [0.05, 0.1) is 6.07 Å². The summed E-state index contributed by atoms with van der Waals surface area (Å²) in [7, 11) is -3.67. The lowest BCUT2D eigenvalue weighted by Crippen LogP contribution is -2.40. The number of sulfonamides is 1. The Labute approximate surface area is 94.6 Å². The first-order valence-electron chi connectivity index (χ1n) is 5.05. The van der Waals surface area contributed by atoms with Gasteiger partial charge >= 0.3 is 0 Å². The van der Waals surface area contributed by atoms with Gasteiger partial charge in [0.25, 0.3) is 0 Å². The topological polar surface area (TPSA) is 90.6 Å². The van der Waals surface area contributed by atoms with Gasteiger partial charge in [0, 0.05) is 6.54 Å². The minimum absolute atomic E-state index is 0.229. The quantitative estimate of drug-likeness (QED) is 0.527. The number of hydrogen-bond donors (Lipinski definition) is 0. The maximum absolute atomic E-state index is 12.0. The molecule has 1 aliphatic rings. The zero-order chi connectivity index (χ0) is 12.2. The Bertz CT molecular complexity index is 433. The van der Waals surface area contributed by atoms with Crippen molar-refractivity contribution < 1.29 is 13.2 Å². The largest absolute Gasteiger partial charge is 0.236 e. The van der Waals surface area contributed by atoms with Gasteiger partial charge in [-0.1, -0.05) is 6.92 Å². The average molecular weight is 243 g/mol. The van der Waals surface area contributed by atoms with Crippen molar-refractivity contribution >= 4 is 16.1 Å². The third-order valence-electron chi connectivity index (χ3n) is 2.58. The molecule has 0 aliphatic carbocycles. The molecule has 0 aromatic rings. The van der Waals surface area contributed by atoms with Crippen molar-refractivity contribution in [2.45, 2.75) is 37.6 Å². The van der Waals surface area contributed by atoms with Gasteiger partial charge in [0.2, 0.25) is 16.1 Å². The van der Waals surface area contributed by atoms with Crippen LogP contribution in [0.15, 0.2) is 4.99 Å². The molecule has 0 radical (unpaired) electrons. The summed E-state index contributed by atoms with van der Waals surface area (Å²) in [4.78, 5) is 13.6. The number of carbonyl (C=O) groups excluding carboxylic acids is 1. The fourth-order valence-corrected chi connectivity index (χ4v) is 3.50. The molecule has 88 valence electrons. The molecule has 1 saturated heterocycles. The van der Waals surface area contributed by atoms with Crippen LogP contribution < -0.4 is 0 Å². The van der Waals surface area contributed by atoms with Crippen molar-refractivity contribution in [3.05, 3.63) is 0 Å². The molecule has 0 bridgehead atoms. The highest BCUT2D eigenvalue weighted by atomic mass is 32.2. The van der Waals surface area contributed by atoms with Crippen molar-refractivity contribution in [2.75, 3.05) is 6.54 Å². The molecule has 0 saturated carbocycles. The highest BCUT2D eigenvalue weighted by Gasteiger charge is 2.38. The SMILES string of the molecule is CCC(C#N)S(=O)(=O)N1CCCC1N=C=O. The van der Waals surface area contributed by atoms with Crippen molar-refractivity contribution in [1.29, 1.82) is 5.26 Å². The highest BCUT2D eigenvalue weighted by molar-refractivity contribution is 7.90. The summed E-state index contributed by atoms with van der Waals surface area (Å²) in [6.07, 6.45) is 2.09. The Morgan fingerprint density at radius 1 is 1.62 bits per heavy atom. The second-order valence-electron chi connectivity index (χ2n) is 3.52. The molecule has 0 spiro atoms. The molecular weight excluding hydrogens is 230 g/mol. The lowest BCUT2D eigenvalue weighted by atomic mass is 10.3. The molecule has 1 heterocycles. The predicted octanol–water partition coefficient (Wildman–Crippen LogP) is 0.376. The molecule has 0 aromatic carbocycles. The fraction of sp³-hybridized carbons (Fsp3) is 0.778. The molecule has 0 amide bonds. The summed E-state index contributed by atoms with van der Waals surface area (Å²) < 4.78 is 25.1. The maximum atomic E-state index is 12.0. The van der Waals surface area contributed by atoms with E-state index in [9.17, 15) is 13.2 Å². The van der Waals surface area contributed by atoms with Gasteiger partial charge in [-0.2, -0.15) is 14.6 Å². The van der Waals surface area contributed by atoms with E-state index in [4.69, 9.17) is 5.26 Å². The predicted molar refractivity (Wildman–Crippen MR) is 56.5 cm³/mol. The summed E-state index contributed by atoms with van der Waals surface area (Å²) in [6.45, 7) is 1.95. The van der Waals surface area contributed by atoms with Crippen LogP contribution in [-0.2, 0) is 14.8 Å². The molecule has 0 aromatic heterocycles. The van der Waals surface area contributed by atoms with Crippen LogP contribution in [0.25, 0.3) is 0 Å². The van der Waals surface area contributed by atoms with Gasteiger partial charge in [-0.3, -0.25) is 0 Å². The zero-order valence-electron chi connectivity index (χ0n) is 8.96. The van der Waals surface area contributed by atoms with Gasteiger partial charge < -0.3 is 0 Å². The second-order valence-corrected chi connectivity index (χ2v) is 5.59. The van der Waals surface area contributed by atoms with E-state index >= 15 is 0 Å². The Kier molecular flexibility index (Phi) is 4.19. The highest BCUT2D eigenvalue weighted by Crippen LogP contribution is 2.24. The van der Waals surface area contributed by atoms with Crippen LogP contribution in [0.5, 0.6) is 0 Å². The van der Waals surface area contributed by atoms with Gasteiger partial charge in [-0.15, -0.1) is 0 Å². The number of rotatable bonds is 4. The van der Waals surface area contributed by atoms with Crippen LogP contribution in [0.2, 0.25) is 0 Å². The van der Waals surface area contributed by atoms with Gasteiger partial charge in [-0.25, -0.2) is 13.2 Å². The molecule has 6 nitrogen and oxygen atoms in total. The van der Waals surface area contributed by atoms with Gasteiger partial charge in [0.15, 0.2) is 5.25 Å². The van der Waals surface area contributed by atoms with Crippen LogP contribution in [-0.4, -0.2) is 36.8 Å². The van der Waals surface area contributed by atoms with E-state index in [0.717, 1.165) is 4.31 Å². The third kappa shape index (κ3) is 2.30.